The molecule has 28 heavy (non-hydrogen) atoms. The molecule has 0 spiro atoms. The molecule has 6 nitrogen and oxygen atoms in total. The van der Waals surface area contributed by atoms with Crippen molar-refractivity contribution in [2.45, 2.75) is 26.2 Å². The number of nitrogens with zero attached hydrogens (tertiary/aromatic N) is 1. The van der Waals surface area contributed by atoms with Gasteiger partial charge in [-0.05, 0) is 43.0 Å². The molecule has 2 aromatic carbocycles. The number of carbonyl (C=O) groups is 2. The van der Waals surface area contributed by atoms with E-state index in [0.717, 1.165) is 16.7 Å². The highest BCUT2D eigenvalue weighted by Crippen LogP contribution is 2.40. The van der Waals surface area contributed by atoms with Gasteiger partial charge in [-0.1, -0.05) is 42.0 Å². The number of nitro benzene ring substituents is 1. The molecule has 0 saturated heterocycles. The molecule has 0 aromatic heterocycles. The van der Waals surface area contributed by atoms with Gasteiger partial charge in [0, 0.05) is 18.1 Å². The molecule has 1 aliphatic carbocycles. The van der Waals surface area contributed by atoms with Crippen LogP contribution in [0.3, 0.4) is 0 Å². The van der Waals surface area contributed by atoms with Gasteiger partial charge in [-0.15, -0.1) is 0 Å². The quantitative estimate of drug-likeness (QED) is 0.336. The van der Waals surface area contributed by atoms with E-state index in [2.05, 4.69) is 0 Å². The highest BCUT2D eigenvalue weighted by molar-refractivity contribution is 6.10. The number of nitro groups is 1. The van der Waals surface area contributed by atoms with Gasteiger partial charge in [-0.2, -0.15) is 0 Å². The highest BCUT2D eigenvalue weighted by atomic mass is 16.6. The maximum absolute atomic E-state index is 12.8. The Balaban J connectivity index is 2.00. The molecule has 2 atom stereocenters. The van der Waals surface area contributed by atoms with Gasteiger partial charge in [-0.3, -0.25) is 19.7 Å². The molecule has 0 bridgehead atoms. The molecule has 0 amide bonds. The van der Waals surface area contributed by atoms with E-state index < -0.39 is 22.7 Å². The lowest BCUT2D eigenvalue weighted by atomic mass is 9.73. The maximum Gasteiger partial charge on any atom is 0.317 e. The smallest absolute Gasteiger partial charge is 0.317 e. The number of allylic oxidation sites excluding steroid dienone is 2. The zero-order valence-electron chi connectivity index (χ0n) is 15.8. The summed E-state index contributed by atoms with van der Waals surface area (Å²) in [5, 5.41) is 10.9. The molecule has 2 aromatic rings. The maximum atomic E-state index is 12.8. The molecular formula is C22H21NO5. The summed E-state index contributed by atoms with van der Waals surface area (Å²) in [5.41, 5.74) is 3.55. The minimum atomic E-state index is -0.949. The molecule has 0 N–H and O–H groups in total. The van der Waals surface area contributed by atoms with Gasteiger partial charge in [0.15, 0.2) is 5.78 Å². The third-order valence-electron chi connectivity index (χ3n) is 4.96. The molecule has 144 valence electrons. The number of rotatable bonds is 5. The SMILES string of the molecule is CCOC(=O)[C@H]1C(=O)C=C(c2ccc(C)cc2)C[C@@H]1c1ccc([N+](=O)[O-])cc1. The summed E-state index contributed by atoms with van der Waals surface area (Å²) in [6, 6.07) is 13.9. The first-order valence-corrected chi connectivity index (χ1v) is 9.13. The zero-order valence-corrected chi connectivity index (χ0v) is 15.8. The van der Waals surface area contributed by atoms with Crippen LogP contribution in [0.2, 0.25) is 0 Å². The van der Waals surface area contributed by atoms with Crippen molar-refractivity contribution in [3.63, 3.8) is 0 Å². The fraction of sp³-hybridized carbons (Fsp3) is 0.273. The van der Waals surface area contributed by atoms with Gasteiger partial charge in [0.25, 0.3) is 5.69 Å². The van der Waals surface area contributed by atoms with Crippen LogP contribution >= 0.6 is 0 Å². The lowest BCUT2D eigenvalue weighted by Gasteiger charge is -2.29. The number of ketones is 1. The van der Waals surface area contributed by atoms with E-state index in [1.807, 2.05) is 31.2 Å². The molecule has 0 radical (unpaired) electrons. The predicted octanol–water partition coefficient (Wildman–Crippen LogP) is 4.22. The fourth-order valence-electron chi connectivity index (χ4n) is 3.51. The number of ether oxygens (including phenoxy) is 1. The molecule has 3 rings (SSSR count). The number of hydrogen-bond acceptors (Lipinski definition) is 5. The van der Waals surface area contributed by atoms with Gasteiger partial charge in [0.1, 0.15) is 5.92 Å². The Bertz CT molecular complexity index is 928. The van der Waals surface area contributed by atoms with E-state index >= 15 is 0 Å². The number of non-ortho nitro benzene ring substituents is 1. The van der Waals surface area contributed by atoms with Crippen LogP contribution in [-0.2, 0) is 14.3 Å². The Kier molecular flexibility index (Phi) is 5.68. The average molecular weight is 379 g/mol. The Hall–Kier alpha value is -3.28. The van der Waals surface area contributed by atoms with Crippen molar-refractivity contribution in [3.8, 4) is 0 Å². The molecule has 0 unspecified atom stereocenters. The number of hydrogen-bond donors (Lipinski definition) is 0. The van der Waals surface area contributed by atoms with Gasteiger partial charge in [-0.25, -0.2) is 0 Å². The van der Waals surface area contributed by atoms with Crippen LogP contribution in [0.5, 0.6) is 0 Å². The average Bonchev–Trinajstić information content (AvgIpc) is 2.68. The van der Waals surface area contributed by atoms with Crippen molar-refractivity contribution in [3.05, 3.63) is 81.4 Å². The third-order valence-corrected chi connectivity index (χ3v) is 4.96. The van der Waals surface area contributed by atoms with Crippen LogP contribution in [-0.4, -0.2) is 23.3 Å². The first-order valence-electron chi connectivity index (χ1n) is 9.13. The first kappa shape index (κ1) is 19.5. The summed E-state index contributed by atoms with van der Waals surface area (Å²) in [4.78, 5) is 35.8. The van der Waals surface area contributed by atoms with Crippen LogP contribution in [0.15, 0.2) is 54.6 Å². The van der Waals surface area contributed by atoms with Crippen molar-refractivity contribution in [1.29, 1.82) is 0 Å². The molecule has 1 aliphatic rings. The second-order valence-electron chi connectivity index (χ2n) is 6.83. The van der Waals surface area contributed by atoms with E-state index in [4.69, 9.17) is 4.74 Å². The standard InChI is InChI=1S/C22H21NO5/c1-3-28-22(25)21-19(16-8-10-18(11-9-16)23(26)27)12-17(13-20(21)24)15-6-4-14(2)5-7-15/h4-11,13,19,21H,3,12H2,1-2H3/t19-,21-/m1/s1. The monoisotopic (exact) mass is 379 g/mol. The normalized spacial score (nSPS) is 19.1. The topological polar surface area (TPSA) is 86.5 Å². The Morgan fingerprint density at radius 1 is 1.14 bits per heavy atom. The molecule has 0 aliphatic heterocycles. The lowest BCUT2D eigenvalue weighted by molar-refractivity contribution is -0.384. The van der Waals surface area contributed by atoms with Gasteiger partial charge >= 0.3 is 5.97 Å². The van der Waals surface area contributed by atoms with Crippen molar-refractivity contribution < 1.29 is 19.2 Å². The highest BCUT2D eigenvalue weighted by Gasteiger charge is 2.39. The minimum Gasteiger partial charge on any atom is -0.465 e. The zero-order chi connectivity index (χ0) is 20.3. The number of benzene rings is 2. The van der Waals surface area contributed by atoms with Crippen molar-refractivity contribution >= 4 is 23.0 Å². The summed E-state index contributed by atoms with van der Waals surface area (Å²) < 4.78 is 5.12. The largest absolute Gasteiger partial charge is 0.465 e. The second-order valence-corrected chi connectivity index (χ2v) is 6.83. The van der Waals surface area contributed by atoms with E-state index in [-0.39, 0.29) is 18.1 Å². The molecule has 6 heteroatoms. The summed E-state index contributed by atoms with van der Waals surface area (Å²) in [5.74, 6) is -2.25. The van der Waals surface area contributed by atoms with Crippen molar-refractivity contribution in [2.75, 3.05) is 6.61 Å². The number of aryl methyl sites for hydroxylation is 1. The van der Waals surface area contributed by atoms with Crippen LogP contribution in [0.4, 0.5) is 5.69 Å². The molecule has 0 heterocycles. The van der Waals surface area contributed by atoms with Crippen LogP contribution in [0.25, 0.3) is 5.57 Å². The van der Waals surface area contributed by atoms with Crippen LogP contribution in [0.1, 0.15) is 36.0 Å². The van der Waals surface area contributed by atoms with E-state index in [1.165, 1.54) is 18.2 Å². The summed E-state index contributed by atoms with van der Waals surface area (Å²) in [6.07, 6.45) is 1.99. The van der Waals surface area contributed by atoms with Crippen LogP contribution in [0, 0.1) is 23.0 Å². The Morgan fingerprint density at radius 2 is 1.79 bits per heavy atom. The predicted molar refractivity (Wildman–Crippen MR) is 105 cm³/mol. The second kappa shape index (κ2) is 8.17. The van der Waals surface area contributed by atoms with E-state index in [0.29, 0.717) is 12.0 Å². The van der Waals surface area contributed by atoms with Crippen molar-refractivity contribution in [2.24, 2.45) is 5.92 Å². The van der Waals surface area contributed by atoms with Crippen molar-refractivity contribution in [1.82, 2.24) is 0 Å². The third kappa shape index (κ3) is 4.01. The Labute approximate surface area is 163 Å². The lowest BCUT2D eigenvalue weighted by Crippen LogP contribution is -2.34. The molecule has 0 saturated carbocycles. The summed E-state index contributed by atoms with van der Waals surface area (Å²) in [6.45, 7) is 3.87. The van der Waals surface area contributed by atoms with Gasteiger partial charge in [0.05, 0.1) is 11.5 Å². The van der Waals surface area contributed by atoms with Crippen LogP contribution < -0.4 is 0 Å². The number of carbonyl (C=O) groups excluding carboxylic acids is 2. The molecule has 0 fully saturated rings. The fourth-order valence-corrected chi connectivity index (χ4v) is 3.51. The summed E-state index contributed by atoms with van der Waals surface area (Å²) in [7, 11) is 0. The Morgan fingerprint density at radius 3 is 2.36 bits per heavy atom. The minimum absolute atomic E-state index is 0.0344. The number of esters is 1. The van der Waals surface area contributed by atoms with E-state index in [1.54, 1.807) is 19.1 Å². The van der Waals surface area contributed by atoms with Gasteiger partial charge in [0.2, 0.25) is 0 Å². The van der Waals surface area contributed by atoms with Gasteiger partial charge < -0.3 is 4.74 Å². The molecular weight excluding hydrogens is 358 g/mol. The van der Waals surface area contributed by atoms with E-state index in [9.17, 15) is 19.7 Å². The first-order chi connectivity index (χ1) is 13.4. The summed E-state index contributed by atoms with van der Waals surface area (Å²) >= 11 is 0.